The number of benzene rings is 6. The van der Waals surface area contributed by atoms with Crippen molar-refractivity contribution in [3.8, 4) is 0 Å². The Bertz CT molecular complexity index is 3580. The van der Waals surface area contributed by atoms with Crippen LogP contribution in [0.3, 0.4) is 0 Å². The fraction of sp³-hybridized carbons (Fsp3) is 0.278. The number of aryl methyl sites for hydroxylation is 2. The highest BCUT2D eigenvalue weighted by atomic mass is 16.5. The maximum absolute atomic E-state index is 13.1. The van der Waals surface area contributed by atoms with E-state index in [-0.39, 0.29) is 59.9 Å². The van der Waals surface area contributed by atoms with Crippen LogP contribution in [-0.4, -0.2) is 59.7 Å². The van der Waals surface area contributed by atoms with Crippen LogP contribution in [-0.2, 0) is 53.9 Å². The lowest BCUT2D eigenvalue weighted by atomic mass is 9.81. The van der Waals surface area contributed by atoms with Gasteiger partial charge in [0.05, 0.1) is 10.8 Å². The van der Waals surface area contributed by atoms with E-state index in [1.165, 1.54) is 45.0 Å². The van der Waals surface area contributed by atoms with Crippen LogP contribution in [0.2, 0.25) is 0 Å². The fourth-order valence-corrected chi connectivity index (χ4v) is 12.1. The number of esters is 2. The molecule has 0 atom stereocenters. The van der Waals surface area contributed by atoms with Crippen molar-refractivity contribution in [2.75, 3.05) is 37.0 Å². The minimum absolute atomic E-state index is 0.00602. The highest BCUT2D eigenvalue weighted by Gasteiger charge is 2.46. The molecule has 8 heteroatoms. The molecule has 0 saturated carbocycles. The van der Waals surface area contributed by atoms with E-state index in [0.717, 1.165) is 45.0 Å². The van der Waals surface area contributed by atoms with Gasteiger partial charge in [0.25, 0.3) is 0 Å². The zero-order valence-electron chi connectivity index (χ0n) is 48.9. The Morgan fingerprint density at radius 2 is 1.00 bits per heavy atom. The van der Waals surface area contributed by atoms with E-state index in [0.29, 0.717) is 0 Å². The third-order valence-corrected chi connectivity index (χ3v) is 16.5. The van der Waals surface area contributed by atoms with Crippen LogP contribution < -0.4 is 9.80 Å². The standard InChI is InChI=1S/C43H43N2O4.C29H35N2/c1-42(2)34-22-14-16-24-36(34)44(28-40(46)48-30-32-18-8-5-9-19-32)38(42)26-12-7-13-27-39-43(3,4)35-23-15-17-25-37(35)45(39)29-41(47)49-31-33-20-10-6-11-21-33;1-20-14-16-24-22(18-20)28(3,4)26(30(24)7)12-10-9-11-13-27-29(5,6)23-19-21(2)15-17-25(23)31(27)8/h5-27H,28-31H2,1-4H3;9-19H,1-8H3/q2*+1. The quantitative estimate of drug-likeness (QED) is 0.0615. The summed E-state index contributed by atoms with van der Waals surface area (Å²) < 4.78 is 15.7. The Hall–Kier alpha value is -8.36. The highest BCUT2D eigenvalue weighted by Crippen LogP contribution is 2.49. The molecule has 8 nitrogen and oxygen atoms in total. The van der Waals surface area contributed by atoms with Gasteiger partial charge >= 0.3 is 11.9 Å². The number of allylic oxidation sites excluding steroid dienone is 12. The molecule has 0 radical (unpaired) electrons. The molecule has 0 spiro atoms. The largest absolute Gasteiger partial charge is 0.459 e. The van der Waals surface area contributed by atoms with Crippen molar-refractivity contribution in [3.63, 3.8) is 0 Å². The molecule has 0 aliphatic carbocycles. The van der Waals surface area contributed by atoms with Crippen LogP contribution in [0.25, 0.3) is 0 Å². The number of para-hydroxylation sites is 2. The Balaban J connectivity index is 0.000000214. The zero-order chi connectivity index (χ0) is 57.0. The van der Waals surface area contributed by atoms with Gasteiger partial charge in [0.2, 0.25) is 17.9 Å². The van der Waals surface area contributed by atoms with Gasteiger partial charge in [0.1, 0.15) is 26.8 Å². The molecule has 408 valence electrons. The average molecular weight is 1060 g/mol. The second kappa shape index (κ2) is 23.2. The number of hydrogen-bond acceptors (Lipinski definition) is 6. The Morgan fingerprint density at radius 3 is 1.65 bits per heavy atom. The molecule has 0 aromatic heterocycles. The third kappa shape index (κ3) is 11.4. The van der Waals surface area contributed by atoms with Crippen LogP contribution in [0, 0.1) is 13.8 Å². The summed E-state index contributed by atoms with van der Waals surface area (Å²) in [6.07, 6.45) is 21.2. The van der Waals surface area contributed by atoms with Gasteiger partial charge in [-0.05, 0) is 94.1 Å². The van der Waals surface area contributed by atoms with Crippen molar-refractivity contribution < 1.29 is 28.2 Å². The van der Waals surface area contributed by atoms with E-state index >= 15 is 0 Å². The van der Waals surface area contributed by atoms with Crippen LogP contribution in [0.15, 0.2) is 218 Å². The van der Waals surface area contributed by atoms with E-state index in [9.17, 15) is 9.59 Å². The van der Waals surface area contributed by atoms with Crippen LogP contribution >= 0.6 is 0 Å². The number of fused-ring (bicyclic) bond motifs is 4. The van der Waals surface area contributed by atoms with Gasteiger partial charge in [-0.2, -0.15) is 9.15 Å². The van der Waals surface area contributed by atoms with E-state index < -0.39 is 0 Å². The second-order valence-corrected chi connectivity index (χ2v) is 23.5. The predicted molar refractivity (Wildman–Crippen MR) is 329 cm³/mol. The SMILES string of the molecule is CC1(C)C(/C=C/C=C/C=C2/N(CC(=O)OCc3ccccc3)c3ccccc3C2(C)C)=[N+](CC(=O)OCc2ccccc2)c2ccccc21.Cc1ccc2c(c1)C(C)(C)C(/C=C/C=C/C=C1/N(C)c3ccc(C)cc3C1(C)C)=[N+]2C. The summed E-state index contributed by atoms with van der Waals surface area (Å²) in [7, 11) is 4.34. The first-order valence-electron chi connectivity index (χ1n) is 27.9. The van der Waals surface area contributed by atoms with Crippen molar-refractivity contribution in [2.45, 2.75) is 104 Å². The number of rotatable bonds is 14. The zero-order valence-corrected chi connectivity index (χ0v) is 48.9. The summed E-state index contributed by atoms with van der Waals surface area (Å²) >= 11 is 0. The van der Waals surface area contributed by atoms with Crippen molar-refractivity contribution >= 4 is 46.1 Å². The van der Waals surface area contributed by atoms with Crippen molar-refractivity contribution in [2.24, 2.45) is 0 Å². The number of anilines is 2. The van der Waals surface area contributed by atoms with E-state index in [2.05, 4.69) is 205 Å². The molecule has 0 fully saturated rings. The fourth-order valence-electron chi connectivity index (χ4n) is 12.1. The number of carbonyl (C=O) groups excluding carboxylic acids is 2. The van der Waals surface area contributed by atoms with Crippen molar-refractivity contribution in [3.05, 3.63) is 262 Å². The minimum Gasteiger partial charge on any atom is -0.459 e. The predicted octanol–water partition coefficient (Wildman–Crippen LogP) is 15.1. The smallest absolute Gasteiger partial charge is 0.373 e. The van der Waals surface area contributed by atoms with Gasteiger partial charge in [-0.3, -0.25) is 4.79 Å². The van der Waals surface area contributed by atoms with Crippen molar-refractivity contribution in [1.29, 1.82) is 0 Å². The summed E-state index contributed by atoms with van der Waals surface area (Å²) in [6.45, 7) is 23.0. The number of carbonyl (C=O) groups is 2. The first-order valence-corrected chi connectivity index (χ1v) is 27.9. The summed E-state index contributed by atoms with van der Waals surface area (Å²) in [5.41, 5.74) is 18.4. The van der Waals surface area contributed by atoms with Crippen LogP contribution in [0.1, 0.15) is 99.9 Å². The number of hydrogen-bond donors (Lipinski definition) is 0. The molecule has 4 aliphatic rings. The van der Waals surface area contributed by atoms with Crippen LogP contribution in [0.5, 0.6) is 0 Å². The monoisotopic (exact) mass is 1060 g/mol. The first kappa shape index (κ1) is 56.4. The maximum atomic E-state index is 13.1. The molecule has 0 saturated heterocycles. The van der Waals surface area contributed by atoms with Crippen LogP contribution in [0.4, 0.5) is 22.7 Å². The lowest BCUT2D eigenvalue weighted by molar-refractivity contribution is -0.428. The maximum Gasteiger partial charge on any atom is 0.373 e. The van der Waals surface area contributed by atoms with E-state index in [4.69, 9.17) is 9.47 Å². The van der Waals surface area contributed by atoms with E-state index in [1.807, 2.05) is 103 Å². The molecule has 10 rings (SSSR count). The molecule has 6 aromatic carbocycles. The molecular formula is C72H78N4O4+2. The van der Waals surface area contributed by atoms with Gasteiger partial charge in [-0.25, -0.2) is 4.79 Å². The number of nitrogens with zero attached hydrogens (tertiary/aromatic N) is 4. The molecular weight excluding hydrogens is 985 g/mol. The average Bonchev–Trinajstić information content (AvgIpc) is 4.03. The molecule has 0 unspecified atom stereocenters. The van der Waals surface area contributed by atoms with Crippen molar-refractivity contribution in [1.82, 2.24) is 0 Å². The van der Waals surface area contributed by atoms with Gasteiger partial charge in [0, 0.05) is 76.1 Å². The van der Waals surface area contributed by atoms with Gasteiger partial charge in [-0.15, -0.1) is 0 Å². The summed E-state index contributed by atoms with van der Waals surface area (Å²) in [5.74, 6) is -0.569. The lowest BCUT2D eigenvalue weighted by Crippen LogP contribution is -2.31. The number of likely N-dealkylation sites (N-methyl/N-ethyl adjacent to an activating group) is 1. The molecule has 4 aliphatic heterocycles. The summed E-state index contributed by atoms with van der Waals surface area (Å²) in [4.78, 5) is 30.5. The highest BCUT2D eigenvalue weighted by molar-refractivity contribution is 6.04. The summed E-state index contributed by atoms with van der Waals surface area (Å²) in [6, 6.07) is 49.4. The third-order valence-electron chi connectivity index (χ3n) is 16.5. The molecule has 80 heavy (non-hydrogen) atoms. The lowest BCUT2D eigenvalue weighted by Gasteiger charge is -2.26. The van der Waals surface area contributed by atoms with Gasteiger partial charge in [0.15, 0.2) is 11.4 Å². The Morgan fingerprint density at radius 1 is 0.487 bits per heavy atom. The second-order valence-electron chi connectivity index (χ2n) is 23.5. The van der Waals surface area contributed by atoms with E-state index in [1.54, 1.807) is 0 Å². The summed E-state index contributed by atoms with van der Waals surface area (Å²) in [5, 5.41) is 0. The molecule has 0 N–H and O–H groups in total. The first-order chi connectivity index (χ1) is 38.2. The number of ether oxygens (including phenoxy) is 2. The topological polar surface area (TPSA) is 65.1 Å². The molecule has 0 amide bonds. The molecule has 6 aromatic rings. The Kier molecular flexibility index (Phi) is 16.3. The van der Waals surface area contributed by atoms with Gasteiger partial charge in [-0.1, -0.05) is 191 Å². The van der Waals surface area contributed by atoms with Gasteiger partial charge < -0.3 is 19.3 Å². The minimum atomic E-state index is -0.314. The Labute approximate surface area is 475 Å². The molecule has 4 heterocycles. The normalized spacial score (nSPS) is 18.1. The molecule has 0 bridgehead atoms.